The van der Waals surface area contributed by atoms with Crippen LogP contribution in [0.5, 0.6) is 5.75 Å². The number of ether oxygens (including phenoxy) is 1. The minimum Gasteiger partial charge on any atom is -0.489 e. The molecule has 0 amide bonds. The Morgan fingerprint density at radius 2 is 1.88 bits per heavy atom. The van der Waals surface area contributed by atoms with Crippen molar-refractivity contribution >= 4 is 5.97 Å². The number of halogens is 1. The lowest BCUT2D eigenvalue weighted by molar-refractivity contribution is -0.139. The van der Waals surface area contributed by atoms with Crippen LogP contribution in [0.1, 0.15) is 61.4 Å². The second-order valence-electron chi connectivity index (χ2n) is 11.0. The number of rotatable bonds is 5. The number of carbonyl (C=O) groups is 1. The lowest BCUT2D eigenvalue weighted by Gasteiger charge is -2.24. The number of aryl methyl sites for hydroxylation is 2. The normalized spacial score (nSPS) is 20.9. The van der Waals surface area contributed by atoms with Crippen molar-refractivity contribution in [1.82, 2.24) is 0 Å². The topological polar surface area (TPSA) is 46.5 Å². The van der Waals surface area contributed by atoms with Crippen molar-refractivity contribution in [2.24, 2.45) is 5.92 Å². The summed E-state index contributed by atoms with van der Waals surface area (Å²) in [6, 6.07) is 17.5. The van der Waals surface area contributed by atoms with Crippen molar-refractivity contribution in [2.75, 3.05) is 0 Å². The largest absolute Gasteiger partial charge is 0.489 e. The highest BCUT2D eigenvalue weighted by molar-refractivity contribution is 5.78. The van der Waals surface area contributed by atoms with Crippen LogP contribution in [-0.4, -0.2) is 11.1 Å². The molecule has 1 N–H and O–H groups in total. The molecule has 2 atom stereocenters. The minimum atomic E-state index is -0.700. The zero-order chi connectivity index (χ0) is 24.3. The van der Waals surface area contributed by atoms with Crippen LogP contribution in [0.15, 0.2) is 54.6 Å². The first-order chi connectivity index (χ1) is 16.1. The van der Waals surface area contributed by atoms with Crippen molar-refractivity contribution in [1.29, 1.82) is 0 Å². The fourth-order valence-corrected chi connectivity index (χ4v) is 5.59. The van der Waals surface area contributed by atoms with Crippen LogP contribution in [0.3, 0.4) is 0 Å². The molecule has 0 saturated heterocycles. The smallest absolute Gasteiger partial charge is 0.307 e. The van der Waals surface area contributed by atoms with Crippen molar-refractivity contribution < 1.29 is 19.0 Å². The summed E-state index contributed by atoms with van der Waals surface area (Å²) < 4.78 is 21.0. The molecule has 0 bridgehead atoms. The first kappa shape index (κ1) is 22.6. The summed E-state index contributed by atoms with van der Waals surface area (Å²) in [6.45, 7) is 8.75. The number of carboxylic acid groups (broad SMARTS) is 1. The van der Waals surface area contributed by atoms with E-state index in [9.17, 15) is 14.3 Å². The Morgan fingerprint density at radius 1 is 1.09 bits per heavy atom. The Balaban J connectivity index is 1.43. The molecule has 0 unspecified atom stereocenters. The van der Waals surface area contributed by atoms with Gasteiger partial charge in [0.1, 0.15) is 18.2 Å². The number of benzene rings is 3. The fourth-order valence-electron chi connectivity index (χ4n) is 5.59. The van der Waals surface area contributed by atoms with Gasteiger partial charge < -0.3 is 9.84 Å². The molecule has 2 aliphatic rings. The Labute approximate surface area is 200 Å². The van der Waals surface area contributed by atoms with Crippen molar-refractivity contribution in [2.45, 2.75) is 64.4 Å². The van der Waals surface area contributed by atoms with Gasteiger partial charge in [-0.15, -0.1) is 0 Å². The first-order valence-electron chi connectivity index (χ1n) is 12.0. The van der Waals surface area contributed by atoms with E-state index in [1.165, 1.54) is 11.6 Å². The number of aliphatic carboxylic acids is 1. The summed E-state index contributed by atoms with van der Waals surface area (Å²) in [5.74, 6) is -0.454. The average molecular weight is 459 g/mol. The summed E-state index contributed by atoms with van der Waals surface area (Å²) in [5.41, 5.74) is 6.62. The molecule has 4 heteroatoms. The van der Waals surface area contributed by atoms with Gasteiger partial charge in [-0.3, -0.25) is 4.79 Å². The third-order valence-corrected chi connectivity index (χ3v) is 7.54. The summed E-state index contributed by atoms with van der Waals surface area (Å²) in [6.07, 6.45) is 2.56. The molecule has 0 aliphatic heterocycles. The maximum atomic E-state index is 14.8. The monoisotopic (exact) mass is 458 g/mol. The zero-order valence-electron chi connectivity index (χ0n) is 20.2. The van der Waals surface area contributed by atoms with Gasteiger partial charge in [0.05, 0.1) is 5.92 Å². The third-order valence-electron chi connectivity index (χ3n) is 7.54. The van der Waals surface area contributed by atoms with Gasteiger partial charge in [-0.2, -0.15) is 0 Å². The standard InChI is InChI=1S/C30H31FO3/c1-18-5-10-27(31)23(13-18)22-14-19(6-9-24(22)29(2,3)4)17-34-21-8-7-20-11-12-30(25(20)15-21)16-26(30)28(32)33/h5-10,13-15,26H,11-12,16-17H2,1-4H3,(H,32,33)/t26-,30-/m0/s1. The molecule has 1 spiro atoms. The lowest BCUT2D eigenvalue weighted by Crippen LogP contribution is -2.14. The molecule has 0 aromatic heterocycles. The number of carboxylic acids is 1. The van der Waals surface area contributed by atoms with Gasteiger partial charge in [-0.1, -0.05) is 50.6 Å². The van der Waals surface area contributed by atoms with E-state index in [1.54, 1.807) is 6.07 Å². The maximum Gasteiger partial charge on any atom is 0.307 e. The highest BCUT2D eigenvalue weighted by Crippen LogP contribution is 2.62. The van der Waals surface area contributed by atoms with Crippen LogP contribution in [0.2, 0.25) is 0 Å². The average Bonchev–Trinajstić information content (AvgIpc) is 3.43. The highest BCUT2D eigenvalue weighted by Gasteiger charge is 2.61. The van der Waals surface area contributed by atoms with Gasteiger partial charge in [0.25, 0.3) is 0 Å². The Morgan fingerprint density at radius 3 is 2.59 bits per heavy atom. The van der Waals surface area contributed by atoms with E-state index in [2.05, 4.69) is 32.9 Å². The van der Waals surface area contributed by atoms with E-state index in [1.807, 2.05) is 37.3 Å². The van der Waals surface area contributed by atoms with Gasteiger partial charge in [-0.25, -0.2) is 4.39 Å². The highest BCUT2D eigenvalue weighted by atomic mass is 19.1. The molecule has 5 rings (SSSR count). The molecular weight excluding hydrogens is 427 g/mol. The van der Waals surface area contributed by atoms with E-state index in [0.29, 0.717) is 12.2 Å². The van der Waals surface area contributed by atoms with E-state index in [-0.39, 0.29) is 22.6 Å². The van der Waals surface area contributed by atoms with Crippen LogP contribution in [0, 0.1) is 18.7 Å². The molecule has 1 saturated carbocycles. The third kappa shape index (κ3) is 3.89. The minimum absolute atomic E-state index is 0.135. The van der Waals surface area contributed by atoms with Gasteiger partial charge in [0.2, 0.25) is 0 Å². The van der Waals surface area contributed by atoms with Gasteiger partial charge in [-0.05, 0) is 89.8 Å². The molecule has 0 radical (unpaired) electrons. The van der Waals surface area contributed by atoms with Crippen LogP contribution in [0.25, 0.3) is 11.1 Å². The Kier molecular flexibility index (Phi) is 5.31. The number of hydrogen-bond donors (Lipinski definition) is 1. The van der Waals surface area contributed by atoms with Crippen LogP contribution in [-0.2, 0) is 28.7 Å². The fraction of sp³-hybridized carbons (Fsp3) is 0.367. The Hall–Kier alpha value is -3.14. The van der Waals surface area contributed by atoms with Crippen molar-refractivity contribution in [3.05, 3.63) is 88.2 Å². The molecule has 176 valence electrons. The molecule has 0 heterocycles. The predicted molar refractivity (Wildman–Crippen MR) is 132 cm³/mol. The molecule has 34 heavy (non-hydrogen) atoms. The zero-order valence-corrected chi connectivity index (χ0v) is 20.2. The summed E-state index contributed by atoms with van der Waals surface area (Å²) in [4.78, 5) is 11.6. The van der Waals surface area contributed by atoms with E-state index in [0.717, 1.165) is 52.8 Å². The summed E-state index contributed by atoms with van der Waals surface area (Å²) >= 11 is 0. The SMILES string of the molecule is Cc1ccc(F)c(-c2cc(COc3ccc4c(c3)[C@]3(CC4)C[C@H]3C(=O)O)ccc2C(C)(C)C)c1. The molecule has 3 nitrogen and oxygen atoms in total. The molecule has 2 aliphatic carbocycles. The van der Waals surface area contributed by atoms with Crippen molar-refractivity contribution in [3.8, 4) is 16.9 Å². The first-order valence-corrected chi connectivity index (χ1v) is 12.0. The van der Waals surface area contributed by atoms with Crippen molar-refractivity contribution in [3.63, 3.8) is 0 Å². The second-order valence-corrected chi connectivity index (χ2v) is 11.0. The van der Waals surface area contributed by atoms with E-state index < -0.39 is 5.97 Å². The van der Waals surface area contributed by atoms with E-state index >= 15 is 0 Å². The van der Waals surface area contributed by atoms with E-state index in [4.69, 9.17) is 4.74 Å². The summed E-state index contributed by atoms with van der Waals surface area (Å²) in [5, 5.41) is 9.50. The second kappa shape index (κ2) is 7.97. The molecule has 3 aromatic carbocycles. The quantitative estimate of drug-likeness (QED) is 0.449. The van der Waals surface area contributed by atoms with Gasteiger partial charge in [0.15, 0.2) is 0 Å². The lowest BCUT2D eigenvalue weighted by atomic mass is 9.81. The van der Waals surface area contributed by atoms with Crippen LogP contribution in [0.4, 0.5) is 4.39 Å². The van der Waals surface area contributed by atoms with Crippen LogP contribution < -0.4 is 4.74 Å². The Bertz CT molecular complexity index is 1290. The van der Waals surface area contributed by atoms with Gasteiger partial charge >= 0.3 is 5.97 Å². The molecule has 3 aromatic rings. The predicted octanol–water partition coefficient (Wildman–Crippen LogP) is 6.97. The number of hydrogen-bond acceptors (Lipinski definition) is 2. The summed E-state index contributed by atoms with van der Waals surface area (Å²) in [7, 11) is 0. The molecule has 1 fully saturated rings. The van der Waals surface area contributed by atoms with Gasteiger partial charge in [0, 0.05) is 11.0 Å². The maximum absolute atomic E-state index is 14.8. The molecular formula is C30H31FO3. The number of fused-ring (bicyclic) bond motifs is 2. The van der Waals surface area contributed by atoms with Crippen LogP contribution >= 0.6 is 0 Å².